The Hall–Kier alpha value is -3.58. The zero-order chi connectivity index (χ0) is 20.4. The third-order valence-corrected chi connectivity index (χ3v) is 5.28. The van der Waals surface area contributed by atoms with E-state index < -0.39 is 5.97 Å². The molecule has 2 heterocycles. The van der Waals surface area contributed by atoms with Gasteiger partial charge in [-0.2, -0.15) is 0 Å². The van der Waals surface area contributed by atoms with E-state index in [1.807, 2.05) is 30.3 Å². The Balaban J connectivity index is 1.52. The molecule has 1 aromatic heterocycles. The summed E-state index contributed by atoms with van der Waals surface area (Å²) in [7, 11) is 0. The number of carbonyl (C=O) groups is 3. The van der Waals surface area contributed by atoms with E-state index in [-0.39, 0.29) is 23.3 Å². The van der Waals surface area contributed by atoms with E-state index in [0.717, 1.165) is 17.3 Å². The Morgan fingerprint density at radius 3 is 2.41 bits per heavy atom. The molecule has 2 aromatic carbocycles. The number of imide groups is 1. The van der Waals surface area contributed by atoms with Gasteiger partial charge in [0.15, 0.2) is 0 Å². The van der Waals surface area contributed by atoms with Crippen molar-refractivity contribution in [1.82, 2.24) is 4.90 Å². The summed E-state index contributed by atoms with van der Waals surface area (Å²) in [6.07, 6.45) is 1.55. The van der Waals surface area contributed by atoms with Gasteiger partial charge in [-0.25, -0.2) is 4.79 Å². The first kappa shape index (κ1) is 18.8. The summed E-state index contributed by atoms with van der Waals surface area (Å²) >= 11 is 0.879. The maximum atomic E-state index is 12.6. The van der Waals surface area contributed by atoms with Gasteiger partial charge in [0, 0.05) is 11.6 Å². The number of hydrogen-bond acceptors (Lipinski definition) is 5. The predicted octanol–water partition coefficient (Wildman–Crippen LogP) is 4.88. The van der Waals surface area contributed by atoms with E-state index >= 15 is 0 Å². The zero-order valence-corrected chi connectivity index (χ0v) is 15.9. The van der Waals surface area contributed by atoms with Crippen LogP contribution in [0.4, 0.5) is 4.79 Å². The highest BCUT2D eigenvalue weighted by Gasteiger charge is 2.35. The molecule has 0 atom stereocenters. The lowest BCUT2D eigenvalue weighted by molar-refractivity contribution is -0.123. The van der Waals surface area contributed by atoms with Gasteiger partial charge in [0.25, 0.3) is 11.1 Å². The largest absolute Gasteiger partial charge is 0.478 e. The highest BCUT2D eigenvalue weighted by molar-refractivity contribution is 8.18. The molecule has 4 rings (SSSR count). The van der Waals surface area contributed by atoms with Crippen LogP contribution in [0.3, 0.4) is 0 Å². The second-order valence-corrected chi connectivity index (χ2v) is 7.33. The molecule has 144 valence electrons. The van der Waals surface area contributed by atoms with Gasteiger partial charge in [-0.15, -0.1) is 0 Å². The number of thioether (sulfide) groups is 1. The molecule has 0 saturated carbocycles. The number of rotatable bonds is 5. The fourth-order valence-electron chi connectivity index (χ4n) is 2.89. The minimum absolute atomic E-state index is 0.188. The lowest BCUT2D eigenvalue weighted by Gasteiger charge is -2.11. The predicted molar refractivity (Wildman–Crippen MR) is 109 cm³/mol. The molecule has 0 bridgehead atoms. The number of nitrogens with zero attached hydrogens (tertiary/aromatic N) is 1. The molecule has 1 aliphatic heterocycles. The van der Waals surface area contributed by atoms with Crippen molar-refractivity contribution in [2.24, 2.45) is 0 Å². The van der Waals surface area contributed by atoms with E-state index in [0.29, 0.717) is 22.0 Å². The third kappa shape index (κ3) is 4.00. The number of amides is 2. The van der Waals surface area contributed by atoms with Crippen molar-refractivity contribution in [3.05, 3.63) is 88.5 Å². The summed E-state index contributed by atoms with van der Waals surface area (Å²) in [5, 5.41) is 8.66. The summed E-state index contributed by atoms with van der Waals surface area (Å²) < 4.78 is 5.75. The Kier molecular flexibility index (Phi) is 5.05. The summed E-state index contributed by atoms with van der Waals surface area (Å²) in [5.74, 6) is -0.375. The van der Waals surface area contributed by atoms with E-state index in [9.17, 15) is 14.4 Å². The van der Waals surface area contributed by atoms with E-state index in [1.165, 1.54) is 17.0 Å². The lowest BCUT2D eigenvalue weighted by atomic mass is 10.1. The Bertz CT molecular complexity index is 1120. The SMILES string of the molecule is O=C(O)c1ccc(-c2ccc(/C=C3\SC(=O)N(Cc4ccccc4)C3=O)o2)cc1. The fraction of sp³-hybridized carbons (Fsp3) is 0.0455. The van der Waals surface area contributed by atoms with Gasteiger partial charge < -0.3 is 9.52 Å². The van der Waals surface area contributed by atoms with Crippen molar-refractivity contribution in [2.45, 2.75) is 6.54 Å². The number of carboxylic acids is 1. The van der Waals surface area contributed by atoms with Crippen LogP contribution in [-0.2, 0) is 11.3 Å². The van der Waals surface area contributed by atoms with Gasteiger partial charge in [0.2, 0.25) is 0 Å². The van der Waals surface area contributed by atoms with Gasteiger partial charge in [0.05, 0.1) is 17.0 Å². The topological polar surface area (TPSA) is 87.8 Å². The van der Waals surface area contributed by atoms with Gasteiger partial charge in [-0.3, -0.25) is 14.5 Å². The highest BCUT2D eigenvalue weighted by atomic mass is 32.2. The van der Waals surface area contributed by atoms with Crippen LogP contribution in [0.25, 0.3) is 17.4 Å². The molecular formula is C22H15NO5S. The summed E-state index contributed by atoms with van der Waals surface area (Å²) in [6.45, 7) is 0.224. The molecule has 7 heteroatoms. The summed E-state index contributed by atoms with van der Waals surface area (Å²) in [6, 6.07) is 19.0. The molecule has 29 heavy (non-hydrogen) atoms. The molecule has 2 amide bonds. The monoisotopic (exact) mass is 405 g/mol. The average Bonchev–Trinajstić information content (AvgIpc) is 3.29. The minimum Gasteiger partial charge on any atom is -0.478 e. The second kappa shape index (κ2) is 7.81. The van der Waals surface area contributed by atoms with Crippen molar-refractivity contribution in [3.8, 4) is 11.3 Å². The van der Waals surface area contributed by atoms with Gasteiger partial charge in [-0.05, 0) is 41.6 Å². The normalized spacial score (nSPS) is 15.3. The Morgan fingerprint density at radius 2 is 1.72 bits per heavy atom. The van der Waals surface area contributed by atoms with Gasteiger partial charge in [-0.1, -0.05) is 42.5 Å². The molecule has 1 N–H and O–H groups in total. The minimum atomic E-state index is -0.997. The molecule has 0 aliphatic carbocycles. The van der Waals surface area contributed by atoms with Crippen LogP contribution in [0, 0.1) is 0 Å². The number of carboxylic acid groups (broad SMARTS) is 1. The van der Waals surface area contributed by atoms with Crippen molar-refractivity contribution >= 4 is 35.0 Å². The van der Waals surface area contributed by atoms with Crippen LogP contribution < -0.4 is 0 Å². The molecule has 0 spiro atoms. The van der Waals surface area contributed by atoms with E-state index in [1.54, 1.807) is 30.3 Å². The highest BCUT2D eigenvalue weighted by Crippen LogP contribution is 2.34. The maximum Gasteiger partial charge on any atom is 0.335 e. The third-order valence-electron chi connectivity index (χ3n) is 4.37. The lowest BCUT2D eigenvalue weighted by Crippen LogP contribution is -2.27. The number of aromatic carboxylic acids is 1. The Morgan fingerprint density at radius 1 is 1.00 bits per heavy atom. The Labute approximate surface area is 170 Å². The number of furan rings is 1. The molecule has 0 radical (unpaired) electrons. The van der Waals surface area contributed by atoms with Crippen LogP contribution in [0.15, 0.2) is 76.1 Å². The van der Waals surface area contributed by atoms with Gasteiger partial charge in [0.1, 0.15) is 11.5 Å². The molecule has 6 nitrogen and oxygen atoms in total. The molecule has 3 aromatic rings. The first-order chi connectivity index (χ1) is 14.0. The molecule has 1 aliphatic rings. The van der Waals surface area contributed by atoms with E-state index in [4.69, 9.17) is 9.52 Å². The standard InChI is InChI=1S/C22H15NO5S/c24-20-19(29-22(27)23(20)13-14-4-2-1-3-5-14)12-17-10-11-18(28-17)15-6-8-16(9-7-15)21(25)26/h1-12H,13H2,(H,25,26)/b19-12-. The van der Waals surface area contributed by atoms with Crippen molar-refractivity contribution < 1.29 is 23.9 Å². The van der Waals surface area contributed by atoms with Crippen LogP contribution in [0.5, 0.6) is 0 Å². The molecule has 1 saturated heterocycles. The van der Waals surface area contributed by atoms with Crippen molar-refractivity contribution in [2.75, 3.05) is 0 Å². The molecule has 0 unspecified atom stereocenters. The zero-order valence-electron chi connectivity index (χ0n) is 15.1. The second-order valence-electron chi connectivity index (χ2n) is 6.34. The maximum absolute atomic E-state index is 12.6. The van der Waals surface area contributed by atoms with Crippen LogP contribution >= 0.6 is 11.8 Å². The number of hydrogen-bond donors (Lipinski definition) is 1. The first-order valence-corrected chi connectivity index (χ1v) is 9.56. The van der Waals surface area contributed by atoms with Gasteiger partial charge >= 0.3 is 5.97 Å². The fourth-order valence-corrected chi connectivity index (χ4v) is 3.71. The van der Waals surface area contributed by atoms with Crippen molar-refractivity contribution in [1.29, 1.82) is 0 Å². The van der Waals surface area contributed by atoms with Crippen LogP contribution in [-0.4, -0.2) is 27.1 Å². The molecular weight excluding hydrogens is 390 g/mol. The van der Waals surface area contributed by atoms with Crippen LogP contribution in [0.2, 0.25) is 0 Å². The summed E-state index contributed by atoms with van der Waals surface area (Å²) in [5.41, 5.74) is 1.78. The van der Waals surface area contributed by atoms with Crippen LogP contribution in [0.1, 0.15) is 21.7 Å². The number of carbonyl (C=O) groups excluding carboxylic acids is 2. The van der Waals surface area contributed by atoms with Crippen molar-refractivity contribution in [3.63, 3.8) is 0 Å². The molecule has 1 fully saturated rings. The van der Waals surface area contributed by atoms with E-state index in [2.05, 4.69) is 0 Å². The summed E-state index contributed by atoms with van der Waals surface area (Å²) in [4.78, 5) is 37.3. The quantitative estimate of drug-likeness (QED) is 0.609. The smallest absolute Gasteiger partial charge is 0.335 e. The number of benzene rings is 2. The average molecular weight is 405 g/mol. The first-order valence-electron chi connectivity index (χ1n) is 8.74.